The van der Waals surface area contributed by atoms with Gasteiger partial charge < -0.3 is 4.74 Å². The monoisotopic (exact) mass is 184 g/mol. The predicted molar refractivity (Wildman–Crippen MR) is 48.8 cm³/mol. The molecular weight excluding hydrogens is 171 g/mol. The summed E-state index contributed by atoms with van der Waals surface area (Å²) in [5.74, 6) is -0.377. The summed E-state index contributed by atoms with van der Waals surface area (Å²) in [4.78, 5) is 9.59. The van der Waals surface area contributed by atoms with E-state index < -0.39 is 0 Å². The van der Waals surface area contributed by atoms with Crippen LogP contribution in [0.15, 0.2) is 24.3 Å². The van der Waals surface area contributed by atoms with E-state index in [-0.39, 0.29) is 11.8 Å². The molecule has 72 valence electrons. The highest BCUT2D eigenvalue weighted by molar-refractivity contribution is 5.65. The van der Waals surface area contributed by atoms with Gasteiger partial charge in [0.25, 0.3) is 0 Å². The van der Waals surface area contributed by atoms with Crippen LogP contribution < -0.4 is 0 Å². The Bertz CT molecular complexity index is 250. The SMILES string of the molecule is COC(C)=O.Cc1ccccc1F. The first-order chi connectivity index (χ1) is 6.07. The zero-order valence-electron chi connectivity index (χ0n) is 8.00. The summed E-state index contributed by atoms with van der Waals surface area (Å²) in [5.41, 5.74) is 0.701. The molecule has 0 unspecified atom stereocenters. The van der Waals surface area contributed by atoms with E-state index in [1.54, 1.807) is 19.1 Å². The van der Waals surface area contributed by atoms with Gasteiger partial charge in [-0.25, -0.2) is 4.39 Å². The standard InChI is InChI=1S/C7H7F.C3H6O2/c1-6-4-2-3-5-7(6)8;1-3(4)5-2/h2-5H,1H3;1-2H3. The number of halogens is 1. The zero-order chi connectivity index (χ0) is 10.3. The molecule has 0 aliphatic rings. The van der Waals surface area contributed by atoms with Crippen LogP contribution in [0.1, 0.15) is 12.5 Å². The first-order valence-corrected chi connectivity index (χ1v) is 3.83. The van der Waals surface area contributed by atoms with E-state index >= 15 is 0 Å². The van der Waals surface area contributed by atoms with Gasteiger partial charge in [-0.3, -0.25) is 4.79 Å². The molecule has 0 atom stereocenters. The minimum absolute atomic E-state index is 0.132. The fourth-order valence-corrected chi connectivity index (χ4v) is 0.551. The lowest BCUT2D eigenvalue weighted by Crippen LogP contribution is -1.88. The molecule has 13 heavy (non-hydrogen) atoms. The second-order valence-electron chi connectivity index (χ2n) is 2.44. The van der Waals surface area contributed by atoms with Crippen LogP contribution in [-0.4, -0.2) is 13.1 Å². The van der Waals surface area contributed by atoms with Gasteiger partial charge in [0.05, 0.1) is 7.11 Å². The summed E-state index contributed by atoms with van der Waals surface area (Å²) in [5, 5.41) is 0. The molecule has 0 heterocycles. The lowest BCUT2D eigenvalue weighted by atomic mass is 10.2. The van der Waals surface area contributed by atoms with Gasteiger partial charge in [-0.1, -0.05) is 18.2 Å². The Morgan fingerprint density at radius 3 is 2.08 bits per heavy atom. The van der Waals surface area contributed by atoms with Gasteiger partial charge in [0, 0.05) is 6.92 Å². The number of methoxy groups -OCH3 is 1. The molecule has 1 aromatic rings. The maximum Gasteiger partial charge on any atom is 0.302 e. The maximum atomic E-state index is 12.3. The molecule has 0 saturated heterocycles. The highest BCUT2D eigenvalue weighted by Crippen LogP contribution is 2.01. The van der Waals surface area contributed by atoms with E-state index in [1.165, 1.54) is 20.1 Å². The van der Waals surface area contributed by atoms with Crippen molar-refractivity contribution in [3.05, 3.63) is 35.6 Å². The maximum absolute atomic E-state index is 12.3. The fourth-order valence-electron chi connectivity index (χ4n) is 0.551. The third-order valence-corrected chi connectivity index (χ3v) is 1.36. The van der Waals surface area contributed by atoms with Gasteiger partial charge in [-0.15, -0.1) is 0 Å². The van der Waals surface area contributed by atoms with Crippen molar-refractivity contribution in [1.82, 2.24) is 0 Å². The first kappa shape index (κ1) is 11.6. The highest BCUT2D eigenvalue weighted by atomic mass is 19.1. The van der Waals surface area contributed by atoms with Crippen LogP contribution in [0, 0.1) is 12.7 Å². The molecule has 1 rings (SSSR count). The number of hydrogen-bond acceptors (Lipinski definition) is 2. The quantitative estimate of drug-likeness (QED) is 0.578. The van der Waals surface area contributed by atoms with Gasteiger partial charge in [0.1, 0.15) is 5.82 Å². The number of carbonyl (C=O) groups excluding carboxylic acids is 1. The van der Waals surface area contributed by atoms with E-state index in [0.29, 0.717) is 5.56 Å². The lowest BCUT2D eigenvalue weighted by Gasteiger charge is -1.89. The van der Waals surface area contributed by atoms with E-state index in [4.69, 9.17) is 0 Å². The summed E-state index contributed by atoms with van der Waals surface area (Å²) in [7, 11) is 1.35. The van der Waals surface area contributed by atoms with Crippen LogP contribution in [0.3, 0.4) is 0 Å². The molecule has 0 aliphatic heterocycles. The number of rotatable bonds is 0. The van der Waals surface area contributed by atoms with E-state index in [0.717, 1.165) is 0 Å². The predicted octanol–water partition coefficient (Wildman–Crippen LogP) is 2.31. The smallest absolute Gasteiger partial charge is 0.302 e. The number of benzene rings is 1. The van der Waals surface area contributed by atoms with E-state index in [1.807, 2.05) is 6.07 Å². The van der Waals surface area contributed by atoms with Crippen molar-refractivity contribution in [2.45, 2.75) is 13.8 Å². The molecule has 0 aliphatic carbocycles. The van der Waals surface area contributed by atoms with Gasteiger partial charge in [-0.2, -0.15) is 0 Å². The van der Waals surface area contributed by atoms with Gasteiger partial charge in [0.15, 0.2) is 0 Å². The molecule has 2 nitrogen and oxygen atoms in total. The topological polar surface area (TPSA) is 26.3 Å². The number of hydrogen-bond donors (Lipinski definition) is 0. The first-order valence-electron chi connectivity index (χ1n) is 3.83. The Morgan fingerprint density at radius 1 is 1.38 bits per heavy atom. The Morgan fingerprint density at radius 2 is 1.85 bits per heavy atom. The van der Waals surface area contributed by atoms with Crippen LogP contribution in [0.25, 0.3) is 0 Å². The molecule has 0 fully saturated rings. The van der Waals surface area contributed by atoms with Crippen LogP contribution >= 0.6 is 0 Å². The second-order valence-corrected chi connectivity index (χ2v) is 2.44. The van der Waals surface area contributed by atoms with Crippen molar-refractivity contribution in [3.63, 3.8) is 0 Å². The van der Waals surface area contributed by atoms with Crippen molar-refractivity contribution in [3.8, 4) is 0 Å². The molecule has 0 radical (unpaired) electrons. The average Bonchev–Trinajstić information content (AvgIpc) is 2.11. The van der Waals surface area contributed by atoms with Crippen molar-refractivity contribution in [1.29, 1.82) is 0 Å². The Balaban J connectivity index is 0.000000252. The summed E-state index contributed by atoms with van der Waals surface area (Å²) >= 11 is 0. The molecule has 1 aromatic carbocycles. The largest absolute Gasteiger partial charge is 0.469 e. The number of carbonyl (C=O) groups is 1. The number of esters is 1. The molecule has 0 spiro atoms. The van der Waals surface area contributed by atoms with Crippen LogP contribution in [-0.2, 0) is 9.53 Å². The number of ether oxygens (including phenoxy) is 1. The Labute approximate surface area is 77.3 Å². The van der Waals surface area contributed by atoms with Crippen molar-refractivity contribution in [2.75, 3.05) is 7.11 Å². The normalized spacial score (nSPS) is 8.31. The van der Waals surface area contributed by atoms with Crippen LogP contribution in [0.4, 0.5) is 4.39 Å². The van der Waals surface area contributed by atoms with Gasteiger partial charge >= 0.3 is 5.97 Å². The van der Waals surface area contributed by atoms with Crippen LogP contribution in [0.2, 0.25) is 0 Å². The van der Waals surface area contributed by atoms with Crippen molar-refractivity contribution in [2.24, 2.45) is 0 Å². The molecular formula is C10H13FO2. The van der Waals surface area contributed by atoms with Crippen LogP contribution in [0.5, 0.6) is 0 Å². The summed E-state index contributed by atoms with van der Waals surface area (Å²) < 4.78 is 16.4. The molecule has 3 heteroatoms. The third-order valence-electron chi connectivity index (χ3n) is 1.36. The Kier molecular flexibility index (Phi) is 5.52. The molecule has 0 aromatic heterocycles. The van der Waals surface area contributed by atoms with Gasteiger partial charge in [-0.05, 0) is 18.6 Å². The Hall–Kier alpha value is -1.38. The lowest BCUT2D eigenvalue weighted by molar-refractivity contribution is -0.137. The molecule has 0 amide bonds. The summed E-state index contributed by atoms with van der Waals surface area (Å²) in [6, 6.07) is 6.70. The molecule has 0 bridgehead atoms. The van der Waals surface area contributed by atoms with Crippen molar-refractivity contribution >= 4 is 5.97 Å². The molecule has 0 N–H and O–H groups in total. The minimum atomic E-state index is -0.245. The van der Waals surface area contributed by atoms with E-state index in [9.17, 15) is 9.18 Å². The number of aryl methyl sites for hydroxylation is 1. The highest BCUT2D eigenvalue weighted by Gasteiger charge is 1.88. The molecule has 0 saturated carbocycles. The zero-order valence-corrected chi connectivity index (χ0v) is 8.00. The summed E-state index contributed by atoms with van der Waals surface area (Å²) in [6.45, 7) is 3.11. The average molecular weight is 184 g/mol. The minimum Gasteiger partial charge on any atom is -0.469 e. The second kappa shape index (κ2) is 6.17. The third kappa shape index (κ3) is 5.84. The fraction of sp³-hybridized carbons (Fsp3) is 0.300. The van der Waals surface area contributed by atoms with E-state index in [2.05, 4.69) is 4.74 Å². The summed E-state index contributed by atoms with van der Waals surface area (Å²) in [6.07, 6.45) is 0. The van der Waals surface area contributed by atoms with Crippen molar-refractivity contribution < 1.29 is 13.9 Å². The van der Waals surface area contributed by atoms with Gasteiger partial charge in [0.2, 0.25) is 0 Å².